The van der Waals surface area contributed by atoms with E-state index >= 15 is 0 Å². The summed E-state index contributed by atoms with van der Waals surface area (Å²) in [6.45, 7) is 3.83. The van der Waals surface area contributed by atoms with Gasteiger partial charge in [-0.25, -0.2) is 14.0 Å². The molecule has 2 aromatic carbocycles. The summed E-state index contributed by atoms with van der Waals surface area (Å²) in [5.74, 6) is -0.592. The molecule has 1 unspecified atom stereocenters. The zero-order valence-corrected chi connectivity index (χ0v) is 18.5. The average Bonchev–Trinajstić information content (AvgIpc) is 2.75. The number of halogens is 3. The summed E-state index contributed by atoms with van der Waals surface area (Å²) < 4.78 is 24.2. The first-order valence-electron chi connectivity index (χ1n) is 9.67. The summed E-state index contributed by atoms with van der Waals surface area (Å²) in [4.78, 5) is 27.2. The Kier molecular flexibility index (Phi) is 7.41. The molecule has 1 aliphatic rings. The lowest BCUT2D eigenvalue weighted by atomic mass is 9.94. The van der Waals surface area contributed by atoms with Crippen molar-refractivity contribution in [2.45, 2.75) is 19.9 Å². The maximum Gasteiger partial charge on any atom is 0.338 e. The highest BCUT2D eigenvalue weighted by atomic mass is 35.5. The van der Waals surface area contributed by atoms with Crippen molar-refractivity contribution < 1.29 is 23.5 Å². The minimum Gasteiger partial charge on any atom is -0.487 e. The number of carbonyl (C=O) groups is 2. The van der Waals surface area contributed by atoms with E-state index in [0.29, 0.717) is 33.6 Å². The Morgan fingerprint density at radius 2 is 1.84 bits per heavy atom. The summed E-state index contributed by atoms with van der Waals surface area (Å²) in [5, 5.41) is 3.47. The Labute approximate surface area is 189 Å². The molecule has 1 atom stereocenters. The molecule has 1 heterocycles. The van der Waals surface area contributed by atoms with Gasteiger partial charge < -0.3 is 14.8 Å². The summed E-state index contributed by atoms with van der Waals surface area (Å²) >= 11 is 12.2. The Bertz CT molecular complexity index is 1010. The van der Waals surface area contributed by atoms with Crippen molar-refractivity contribution in [3.05, 3.63) is 75.2 Å². The van der Waals surface area contributed by atoms with E-state index in [0.717, 1.165) is 0 Å². The van der Waals surface area contributed by atoms with Crippen LogP contribution in [0, 0.1) is 5.82 Å². The lowest BCUT2D eigenvalue weighted by Crippen LogP contribution is -2.49. The van der Waals surface area contributed by atoms with Gasteiger partial charge in [-0.1, -0.05) is 29.3 Å². The van der Waals surface area contributed by atoms with Crippen molar-refractivity contribution in [1.82, 2.24) is 10.2 Å². The maximum absolute atomic E-state index is 13.2. The molecule has 0 fully saturated rings. The molecular formula is C22H21Cl2FN2O4. The minimum absolute atomic E-state index is 0.0984. The van der Waals surface area contributed by atoms with Crippen LogP contribution in [-0.4, -0.2) is 36.7 Å². The van der Waals surface area contributed by atoms with E-state index < -0.39 is 23.9 Å². The number of ether oxygens (including phenoxy) is 2. The van der Waals surface area contributed by atoms with Crippen molar-refractivity contribution in [2.24, 2.45) is 0 Å². The average molecular weight is 467 g/mol. The summed E-state index contributed by atoms with van der Waals surface area (Å²) in [6, 6.07) is 9.12. The predicted molar refractivity (Wildman–Crippen MR) is 116 cm³/mol. The van der Waals surface area contributed by atoms with Crippen LogP contribution in [0.1, 0.15) is 25.5 Å². The molecule has 1 N–H and O–H groups in total. The predicted octanol–water partition coefficient (Wildman–Crippen LogP) is 5.11. The molecule has 2 aromatic rings. The van der Waals surface area contributed by atoms with Gasteiger partial charge in [-0.15, -0.1) is 0 Å². The van der Waals surface area contributed by atoms with Crippen LogP contribution in [0.2, 0.25) is 10.0 Å². The quantitative estimate of drug-likeness (QED) is 0.575. The number of hydrogen-bond acceptors (Lipinski definition) is 4. The fourth-order valence-corrected chi connectivity index (χ4v) is 3.57. The monoisotopic (exact) mass is 466 g/mol. The fourth-order valence-electron chi connectivity index (χ4n) is 3.27. The molecule has 0 radical (unpaired) electrons. The Balaban J connectivity index is 2.07. The van der Waals surface area contributed by atoms with E-state index in [-0.39, 0.29) is 18.8 Å². The highest BCUT2D eigenvalue weighted by molar-refractivity contribution is 6.42. The van der Waals surface area contributed by atoms with Gasteiger partial charge >= 0.3 is 12.0 Å². The number of esters is 1. The maximum atomic E-state index is 13.2. The van der Waals surface area contributed by atoms with E-state index in [9.17, 15) is 14.0 Å². The van der Waals surface area contributed by atoms with Crippen molar-refractivity contribution in [3.8, 4) is 5.75 Å². The highest BCUT2D eigenvalue weighted by Crippen LogP contribution is 2.34. The molecule has 2 amide bonds. The van der Waals surface area contributed by atoms with Gasteiger partial charge in [0.25, 0.3) is 0 Å². The summed E-state index contributed by atoms with van der Waals surface area (Å²) in [5.41, 5.74) is 1.15. The van der Waals surface area contributed by atoms with Crippen molar-refractivity contribution in [2.75, 3.05) is 19.8 Å². The molecule has 0 aliphatic carbocycles. The zero-order chi connectivity index (χ0) is 22.5. The Morgan fingerprint density at radius 1 is 1.13 bits per heavy atom. The molecule has 164 valence electrons. The van der Waals surface area contributed by atoms with Crippen LogP contribution >= 0.6 is 23.2 Å². The first-order valence-corrected chi connectivity index (χ1v) is 10.4. The second-order valence-corrected chi connectivity index (χ2v) is 7.44. The van der Waals surface area contributed by atoms with Gasteiger partial charge in [0.1, 0.15) is 18.2 Å². The van der Waals surface area contributed by atoms with Crippen molar-refractivity contribution >= 4 is 35.2 Å². The fraction of sp³-hybridized carbons (Fsp3) is 0.273. The number of rotatable bonds is 7. The number of hydrogen-bond donors (Lipinski definition) is 1. The molecule has 31 heavy (non-hydrogen) atoms. The van der Waals surface area contributed by atoms with E-state index in [1.165, 1.54) is 29.2 Å². The van der Waals surface area contributed by atoms with Crippen molar-refractivity contribution in [1.29, 1.82) is 0 Å². The Hall–Kier alpha value is -2.77. The van der Waals surface area contributed by atoms with Crippen LogP contribution < -0.4 is 10.1 Å². The molecular weight excluding hydrogens is 446 g/mol. The molecule has 0 saturated heterocycles. The van der Waals surface area contributed by atoms with Gasteiger partial charge in [0.05, 0.1) is 34.0 Å². The smallest absolute Gasteiger partial charge is 0.338 e. The molecule has 0 saturated carbocycles. The normalized spacial score (nSPS) is 16.2. The second kappa shape index (κ2) is 10.0. The van der Waals surface area contributed by atoms with E-state index in [1.807, 2.05) is 0 Å². The number of nitrogens with one attached hydrogen (secondary N) is 1. The molecule has 6 nitrogen and oxygen atoms in total. The summed E-state index contributed by atoms with van der Waals surface area (Å²) in [7, 11) is 0. The molecule has 0 aromatic heterocycles. The van der Waals surface area contributed by atoms with Crippen LogP contribution in [0.4, 0.5) is 9.18 Å². The first-order chi connectivity index (χ1) is 14.8. The van der Waals surface area contributed by atoms with Gasteiger partial charge in [0.15, 0.2) is 0 Å². The number of likely N-dealkylation sites (N-methyl/N-ethyl adjacent to an activating group) is 1. The lowest BCUT2D eigenvalue weighted by Gasteiger charge is -2.36. The third-order valence-corrected chi connectivity index (χ3v) is 5.46. The van der Waals surface area contributed by atoms with E-state index in [4.69, 9.17) is 32.7 Å². The molecule has 0 spiro atoms. The number of nitrogens with zero attached hydrogens (tertiary/aromatic N) is 1. The number of carbonyl (C=O) groups excluding carboxylic acids is 2. The summed E-state index contributed by atoms with van der Waals surface area (Å²) in [6.07, 6.45) is 0. The number of urea groups is 1. The third kappa shape index (κ3) is 5.11. The second-order valence-electron chi connectivity index (χ2n) is 6.62. The number of amides is 2. The van der Waals surface area contributed by atoms with Crippen LogP contribution in [0.3, 0.4) is 0 Å². The van der Waals surface area contributed by atoms with Crippen molar-refractivity contribution in [3.63, 3.8) is 0 Å². The SMILES string of the molecule is CCOC(=O)C1=C(COc2ccc(F)cc2)N(CC)C(=O)NC1c1ccc(Cl)c(Cl)c1. The van der Waals surface area contributed by atoms with Gasteiger partial charge in [-0.05, 0) is 55.8 Å². The van der Waals surface area contributed by atoms with Crippen LogP contribution in [0.15, 0.2) is 53.7 Å². The highest BCUT2D eigenvalue weighted by Gasteiger charge is 2.38. The Morgan fingerprint density at radius 3 is 2.45 bits per heavy atom. The zero-order valence-electron chi connectivity index (χ0n) is 17.0. The lowest BCUT2D eigenvalue weighted by molar-refractivity contribution is -0.139. The van der Waals surface area contributed by atoms with Crippen LogP contribution in [0.25, 0.3) is 0 Å². The molecule has 0 bridgehead atoms. The topological polar surface area (TPSA) is 67.9 Å². The van der Waals surface area contributed by atoms with Gasteiger partial charge in [-0.3, -0.25) is 4.90 Å². The van der Waals surface area contributed by atoms with E-state index in [2.05, 4.69) is 5.32 Å². The standard InChI is InChI=1S/C22H21Cl2FN2O4/c1-3-27-18(12-31-15-8-6-14(25)7-9-15)19(21(28)30-4-2)20(26-22(27)29)13-5-10-16(23)17(24)11-13/h5-11,20H,3-4,12H2,1-2H3,(H,26,29). The van der Waals surface area contributed by atoms with E-state index in [1.54, 1.807) is 32.0 Å². The van der Waals surface area contributed by atoms with Gasteiger partial charge in [0, 0.05) is 6.54 Å². The first kappa shape index (κ1) is 22.9. The molecule has 9 heteroatoms. The molecule has 1 aliphatic heterocycles. The van der Waals surface area contributed by atoms with Crippen LogP contribution in [-0.2, 0) is 9.53 Å². The van der Waals surface area contributed by atoms with Gasteiger partial charge in [0.2, 0.25) is 0 Å². The van der Waals surface area contributed by atoms with Gasteiger partial charge in [-0.2, -0.15) is 0 Å². The van der Waals surface area contributed by atoms with Crippen LogP contribution in [0.5, 0.6) is 5.75 Å². The largest absolute Gasteiger partial charge is 0.487 e. The third-order valence-electron chi connectivity index (χ3n) is 4.72. The number of benzene rings is 2. The minimum atomic E-state index is -0.809. The molecule has 3 rings (SSSR count).